The zero-order valence-electron chi connectivity index (χ0n) is 10.9. The molecule has 2 unspecified atom stereocenters. The standard InChI is InChI=1S/C13H24N2O2/c1-10(2)12-4-3-6-15(12)13(16)8-11-9-17-7-5-14-11/h10-12,14H,3-9H2,1-2H3. The first-order valence-corrected chi connectivity index (χ1v) is 6.79. The first-order chi connectivity index (χ1) is 8.18. The molecule has 1 amide bonds. The summed E-state index contributed by atoms with van der Waals surface area (Å²) in [5, 5.41) is 3.35. The van der Waals surface area contributed by atoms with Gasteiger partial charge in [-0.25, -0.2) is 0 Å². The second-order valence-corrected chi connectivity index (χ2v) is 5.47. The number of rotatable bonds is 3. The molecule has 0 spiro atoms. The summed E-state index contributed by atoms with van der Waals surface area (Å²) in [6.45, 7) is 7.66. The number of nitrogens with one attached hydrogen (secondary N) is 1. The lowest BCUT2D eigenvalue weighted by Crippen LogP contribution is -2.46. The Morgan fingerprint density at radius 1 is 1.53 bits per heavy atom. The van der Waals surface area contributed by atoms with Crippen molar-refractivity contribution in [3.8, 4) is 0 Å². The lowest BCUT2D eigenvalue weighted by atomic mass is 10.0. The Balaban J connectivity index is 1.86. The van der Waals surface area contributed by atoms with Gasteiger partial charge in [-0.1, -0.05) is 13.8 Å². The van der Waals surface area contributed by atoms with Crippen molar-refractivity contribution in [2.24, 2.45) is 5.92 Å². The Bertz CT molecular complexity index is 262. The minimum Gasteiger partial charge on any atom is -0.378 e. The topological polar surface area (TPSA) is 41.6 Å². The molecule has 4 heteroatoms. The average Bonchev–Trinajstić information content (AvgIpc) is 2.79. The van der Waals surface area contributed by atoms with Crippen LogP contribution in [-0.2, 0) is 9.53 Å². The summed E-state index contributed by atoms with van der Waals surface area (Å²) in [5.41, 5.74) is 0. The van der Waals surface area contributed by atoms with Gasteiger partial charge < -0.3 is 15.0 Å². The van der Waals surface area contributed by atoms with Crippen molar-refractivity contribution in [2.45, 2.75) is 45.2 Å². The molecule has 4 nitrogen and oxygen atoms in total. The average molecular weight is 240 g/mol. The van der Waals surface area contributed by atoms with Crippen molar-refractivity contribution < 1.29 is 9.53 Å². The van der Waals surface area contributed by atoms with E-state index in [2.05, 4.69) is 24.1 Å². The summed E-state index contributed by atoms with van der Waals surface area (Å²) in [7, 11) is 0. The Kier molecular flexibility index (Phi) is 4.40. The summed E-state index contributed by atoms with van der Waals surface area (Å²) < 4.78 is 5.39. The van der Waals surface area contributed by atoms with E-state index in [1.165, 1.54) is 0 Å². The summed E-state index contributed by atoms with van der Waals surface area (Å²) >= 11 is 0. The van der Waals surface area contributed by atoms with E-state index in [9.17, 15) is 4.79 Å². The minimum absolute atomic E-state index is 0.213. The van der Waals surface area contributed by atoms with Gasteiger partial charge >= 0.3 is 0 Å². The highest BCUT2D eigenvalue weighted by molar-refractivity contribution is 5.77. The molecule has 2 fully saturated rings. The Labute approximate surface area is 104 Å². The third kappa shape index (κ3) is 3.19. The number of likely N-dealkylation sites (tertiary alicyclic amines) is 1. The predicted molar refractivity (Wildman–Crippen MR) is 66.8 cm³/mol. The quantitative estimate of drug-likeness (QED) is 0.800. The van der Waals surface area contributed by atoms with E-state index in [1.54, 1.807) is 0 Å². The van der Waals surface area contributed by atoms with Crippen LogP contribution in [0.4, 0.5) is 0 Å². The van der Waals surface area contributed by atoms with Crippen LogP contribution in [-0.4, -0.2) is 49.2 Å². The fourth-order valence-electron chi connectivity index (χ4n) is 2.87. The van der Waals surface area contributed by atoms with Gasteiger partial charge in [-0.3, -0.25) is 4.79 Å². The van der Waals surface area contributed by atoms with E-state index in [0.717, 1.165) is 32.5 Å². The third-order valence-corrected chi connectivity index (χ3v) is 3.81. The van der Waals surface area contributed by atoms with Gasteiger partial charge in [-0.05, 0) is 18.8 Å². The Morgan fingerprint density at radius 3 is 3.00 bits per heavy atom. The number of ether oxygens (including phenoxy) is 1. The highest BCUT2D eigenvalue weighted by atomic mass is 16.5. The van der Waals surface area contributed by atoms with E-state index in [4.69, 9.17) is 4.74 Å². The molecule has 2 rings (SSSR count). The Morgan fingerprint density at radius 2 is 2.35 bits per heavy atom. The van der Waals surface area contributed by atoms with Crippen LogP contribution in [0.5, 0.6) is 0 Å². The molecule has 0 aromatic heterocycles. The Hall–Kier alpha value is -0.610. The zero-order valence-corrected chi connectivity index (χ0v) is 10.9. The van der Waals surface area contributed by atoms with E-state index in [-0.39, 0.29) is 6.04 Å². The molecule has 2 atom stereocenters. The third-order valence-electron chi connectivity index (χ3n) is 3.81. The van der Waals surface area contributed by atoms with Gasteiger partial charge in [0, 0.05) is 31.6 Å². The van der Waals surface area contributed by atoms with E-state index >= 15 is 0 Å². The maximum atomic E-state index is 12.3. The number of hydrogen-bond acceptors (Lipinski definition) is 3. The molecule has 0 aliphatic carbocycles. The van der Waals surface area contributed by atoms with Gasteiger partial charge in [-0.2, -0.15) is 0 Å². The molecule has 98 valence electrons. The van der Waals surface area contributed by atoms with Gasteiger partial charge in [0.25, 0.3) is 0 Å². The lowest BCUT2D eigenvalue weighted by molar-refractivity contribution is -0.134. The molecule has 1 N–H and O–H groups in total. The highest BCUT2D eigenvalue weighted by Crippen LogP contribution is 2.24. The molecular weight excluding hydrogens is 216 g/mol. The highest BCUT2D eigenvalue weighted by Gasteiger charge is 2.31. The van der Waals surface area contributed by atoms with Gasteiger partial charge in [0.05, 0.1) is 13.2 Å². The fraction of sp³-hybridized carbons (Fsp3) is 0.923. The predicted octanol–water partition coefficient (Wildman–Crippen LogP) is 1.01. The molecule has 0 radical (unpaired) electrons. The molecule has 2 saturated heterocycles. The van der Waals surface area contributed by atoms with Crippen molar-refractivity contribution in [3.63, 3.8) is 0 Å². The number of morpholine rings is 1. The van der Waals surface area contributed by atoms with Crippen molar-refractivity contribution in [3.05, 3.63) is 0 Å². The van der Waals surface area contributed by atoms with E-state index in [1.807, 2.05) is 0 Å². The molecule has 0 saturated carbocycles. The fourth-order valence-corrected chi connectivity index (χ4v) is 2.87. The van der Waals surface area contributed by atoms with Gasteiger partial charge in [0.15, 0.2) is 0 Å². The number of amides is 1. The smallest absolute Gasteiger partial charge is 0.224 e. The van der Waals surface area contributed by atoms with Crippen LogP contribution in [0.1, 0.15) is 33.1 Å². The number of nitrogens with zero attached hydrogens (tertiary/aromatic N) is 1. The van der Waals surface area contributed by atoms with Crippen LogP contribution in [0.15, 0.2) is 0 Å². The number of hydrogen-bond donors (Lipinski definition) is 1. The SMILES string of the molecule is CC(C)C1CCCN1C(=O)CC1COCCN1. The van der Waals surface area contributed by atoms with Gasteiger partial charge in [-0.15, -0.1) is 0 Å². The monoisotopic (exact) mass is 240 g/mol. The van der Waals surface area contributed by atoms with Crippen LogP contribution in [0.25, 0.3) is 0 Å². The van der Waals surface area contributed by atoms with E-state index in [0.29, 0.717) is 30.9 Å². The maximum absolute atomic E-state index is 12.3. The maximum Gasteiger partial charge on any atom is 0.224 e. The molecule has 0 aromatic carbocycles. The molecular formula is C13H24N2O2. The van der Waals surface area contributed by atoms with Crippen LogP contribution >= 0.6 is 0 Å². The largest absolute Gasteiger partial charge is 0.378 e. The summed E-state index contributed by atoms with van der Waals surface area (Å²) in [5.74, 6) is 0.862. The van der Waals surface area contributed by atoms with Crippen molar-refractivity contribution in [2.75, 3.05) is 26.3 Å². The number of carbonyl (C=O) groups excluding carboxylic acids is 1. The minimum atomic E-state index is 0.213. The first kappa shape index (κ1) is 12.8. The van der Waals surface area contributed by atoms with Crippen LogP contribution in [0, 0.1) is 5.92 Å². The first-order valence-electron chi connectivity index (χ1n) is 6.79. The van der Waals surface area contributed by atoms with Crippen LogP contribution < -0.4 is 5.32 Å². The second-order valence-electron chi connectivity index (χ2n) is 5.47. The van der Waals surface area contributed by atoms with E-state index < -0.39 is 0 Å². The van der Waals surface area contributed by atoms with Crippen LogP contribution in [0.3, 0.4) is 0 Å². The molecule has 0 aromatic rings. The molecule has 2 aliphatic rings. The van der Waals surface area contributed by atoms with Gasteiger partial charge in [0.1, 0.15) is 0 Å². The van der Waals surface area contributed by atoms with Crippen LogP contribution in [0.2, 0.25) is 0 Å². The summed E-state index contributed by atoms with van der Waals surface area (Å²) in [6.07, 6.45) is 2.91. The number of carbonyl (C=O) groups is 1. The summed E-state index contributed by atoms with van der Waals surface area (Å²) in [4.78, 5) is 14.3. The molecule has 17 heavy (non-hydrogen) atoms. The summed E-state index contributed by atoms with van der Waals surface area (Å²) in [6, 6.07) is 0.664. The zero-order chi connectivity index (χ0) is 12.3. The van der Waals surface area contributed by atoms with Crippen molar-refractivity contribution in [1.29, 1.82) is 0 Å². The molecule has 2 aliphatic heterocycles. The normalized spacial score (nSPS) is 29.9. The van der Waals surface area contributed by atoms with Crippen molar-refractivity contribution >= 4 is 5.91 Å². The van der Waals surface area contributed by atoms with Crippen molar-refractivity contribution in [1.82, 2.24) is 10.2 Å². The molecule has 0 bridgehead atoms. The molecule has 2 heterocycles. The van der Waals surface area contributed by atoms with Gasteiger partial charge in [0.2, 0.25) is 5.91 Å². The second kappa shape index (κ2) is 5.83. The lowest BCUT2D eigenvalue weighted by Gasteiger charge is -2.30.